The number of carbonyl (C=O) groups is 1. The van der Waals surface area contributed by atoms with Crippen LogP contribution in [-0.2, 0) is 4.74 Å². The fourth-order valence-electron chi connectivity index (χ4n) is 1.70. The summed E-state index contributed by atoms with van der Waals surface area (Å²) in [5.41, 5.74) is 0. The van der Waals surface area contributed by atoms with Gasteiger partial charge in [0.05, 0.1) is 6.10 Å². The molecule has 1 aliphatic heterocycles. The minimum atomic E-state index is -0.142. The average molecular weight is 190 g/mol. The molecule has 62 valence electrons. The monoisotopic (exact) mass is 190 g/mol. The average Bonchev–Trinajstić information content (AvgIpc) is 2.59. The van der Waals surface area contributed by atoms with Gasteiger partial charge in [0, 0.05) is 0 Å². The lowest BCUT2D eigenvalue weighted by Crippen LogP contribution is -2.15. The van der Waals surface area contributed by atoms with Gasteiger partial charge in [-0.1, -0.05) is 19.0 Å². The van der Waals surface area contributed by atoms with Crippen molar-refractivity contribution in [3.05, 3.63) is 0 Å². The quantitative estimate of drug-likeness (QED) is 0.508. The number of rotatable bonds is 1. The molecular formula is C7H10O2S2. The molecule has 0 N–H and O–H groups in total. The molecule has 0 aromatic heterocycles. The van der Waals surface area contributed by atoms with E-state index >= 15 is 0 Å². The van der Waals surface area contributed by atoms with Crippen LogP contribution in [0, 0.1) is 0 Å². The normalized spacial score (nSPS) is 41.4. The molecule has 0 spiro atoms. The van der Waals surface area contributed by atoms with Gasteiger partial charge in [-0.2, -0.15) is 0 Å². The third-order valence-electron chi connectivity index (χ3n) is 2.28. The van der Waals surface area contributed by atoms with E-state index in [1.165, 1.54) is 24.6 Å². The van der Waals surface area contributed by atoms with Gasteiger partial charge in [0.15, 0.2) is 0 Å². The fraction of sp³-hybridized carbons (Fsp3) is 0.857. The van der Waals surface area contributed by atoms with E-state index in [1.807, 2.05) is 0 Å². The highest BCUT2D eigenvalue weighted by atomic mass is 32.2. The van der Waals surface area contributed by atoms with E-state index in [9.17, 15) is 4.79 Å². The Hall–Kier alpha value is 0.330. The molecule has 0 radical (unpaired) electrons. The van der Waals surface area contributed by atoms with Gasteiger partial charge in [-0.15, -0.1) is 0 Å². The Bertz CT molecular complexity index is 195. The molecule has 2 atom stereocenters. The van der Waals surface area contributed by atoms with E-state index in [1.54, 1.807) is 0 Å². The Morgan fingerprint density at radius 3 is 3.09 bits per heavy atom. The second-order valence-electron chi connectivity index (χ2n) is 3.03. The van der Waals surface area contributed by atoms with Crippen molar-refractivity contribution >= 4 is 28.8 Å². The third kappa shape index (κ3) is 1.44. The number of carbonyl (C=O) groups excluding carboxylic acids is 1. The van der Waals surface area contributed by atoms with Gasteiger partial charge in [-0.25, -0.2) is 0 Å². The summed E-state index contributed by atoms with van der Waals surface area (Å²) in [5.74, 6) is 0. The van der Waals surface area contributed by atoms with Crippen LogP contribution < -0.4 is 0 Å². The van der Waals surface area contributed by atoms with Gasteiger partial charge in [-0.3, -0.25) is 4.79 Å². The number of hydrogen-bond donors (Lipinski definition) is 1. The molecule has 0 bridgehead atoms. The van der Waals surface area contributed by atoms with Crippen LogP contribution in [0.2, 0.25) is 0 Å². The summed E-state index contributed by atoms with van der Waals surface area (Å²) in [6.45, 7) is 0. The van der Waals surface area contributed by atoms with Crippen molar-refractivity contribution in [1.29, 1.82) is 0 Å². The zero-order valence-corrected chi connectivity index (χ0v) is 7.79. The Labute approximate surface area is 75.5 Å². The Kier molecular flexibility index (Phi) is 1.93. The Balaban J connectivity index is 1.96. The van der Waals surface area contributed by atoms with Crippen LogP contribution in [-0.4, -0.2) is 15.5 Å². The van der Waals surface area contributed by atoms with E-state index in [-0.39, 0.29) is 9.38 Å². The van der Waals surface area contributed by atoms with E-state index in [0.29, 0.717) is 6.10 Å². The summed E-state index contributed by atoms with van der Waals surface area (Å²) in [4.78, 5) is 10.5. The molecule has 2 rings (SSSR count). The van der Waals surface area contributed by atoms with Crippen LogP contribution in [0.4, 0.5) is 4.79 Å². The molecule has 0 aromatic rings. The minimum Gasteiger partial charge on any atom is -0.354 e. The van der Waals surface area contributed by atoms with E-state index < -0.39 is 0 Å². The summed E-state index contributed by atoms with van der Waals surface area (Å²) in [6, 6.07) is 0. The van der Waals surface area contributed by atoms with Crippen molar-refractivity contribution in [2.45, 2.75) is 36.7 Å². The maximum absolute atomic E-state index is 10.7. The van der Waals surface area contributed by atoms with Crippen molar-refractivity contribution in [1.82, 2.24) is 0 Å². The van der Waals surface area contributed by atoms with Gasteiger partial charge < -0.3 is 4.74 Å². The molecule has 0 amide bonds. The highest BCUT2D eigenvalue weighted by Gasteiger charge is 2.58. The summed E-state index contributed by atoms with van der Waals surface area (Å²) in [5, 5.41) is 0. The van der Waals surface area contributed by atoms with E-state index in [0.717, 1.165) is 12.8 Å². The van der Waals surface area contributed by atoms with Crippen molar-refractivity contribution in [2.75, 3.05) is 0 Å². The van der Waals surface area contributed by atoms with E-state index in [4.69, 9.17) is 4.74 Å². The van der Waals surface area contributed by atoms with Gasteiger partial charge in [0.2, 0.25) is 4.45 Å². The third-order valence-corrected chi connectivity index (χ3v) is 3.63. The number of epoxide rings is 1. The molecule has 1 heterocycles. The van der Waals surface area contributed by atoms with Crippen molar-refractivity contribution in [2.24, 2.45) is 0 Å². The smallest absolute Gasteiger partial charge is 0.245 e. The van der Waals surface area contributed by atoms with E-state index in [2.05, 4.69) is 12.6 Å². The maximum atomic E-state index is 10.7. The van der Waals surface area contributed by atoms with Crippen molar-refractivity contribution < 1.29 is 9.53 Å². The summed E-state index contributed by atoms with van der Waals surface area (Å²) < 4.78 is 5.35. The molecule has 1 saturated heterocycles. The molecule has 11 heavy (non-hydrogen) atoms. The van der Waals surface area contributed by atoms with Crippen LogP contribution in [0.5, 0.6) is 0 Å². The molecule has 2 fully saturated rings. The summed E-state index contributed by atoms with van der Waals surface area (Å²) >= 11 is 4.99. The molecule has 1 aliphatic carbocycles. The lowest BCUT2D eigenvalue weighted by molar-refractivity contribution is 0.276. The number of thioether (sulfide) groups is 1. The molecule has 2 aliphatic rings. The second-order valence-corrected chi connectivity index (χ2v) is 5.01. The van der Waals surface area contributed by atoms with Crippen LogP contribution >= 0.6 is 24.4 Å². The molecule has 4 heteroatoms. The topological polar surface area (TPSA) is 29.6 Å². The summed E-state index contributed by atoms with van der Waals surface area (Å²) in [6.07, 6.45) is 4.92. The first-order valence-electron chi connectivity index (χ1n) is 3.83. The highest BCUT2D eigenvalue weighted by Crippen LogP contribution is 2.55. The first-order chi connectivity index (χ1) is 5.23. The Morgan fingerprint density at radius 2 is 2.45 bits per heavy atom. The highest BCUT2D eigenvalue weighted by molar-refractivity contribution is 8.32. The summed E-state index contributed by atoms with van der Waals surface area (Å²) in [7, 11) is 0. The SMILES string of the molecule is O=C(S)SC12CCCCC1O2. The van der Waals surface area contributed by atoms with Gasteiger partial charge in [0.1, 0.15) is 4.93 Å². The Morgan fingerprint density at radius 1 is 1.64 bits per heavy atom. The maximum Gasteiger partial charge on any atom is 0.245 e. The predicted molar refractivity (Wildman–Crippen MR) is 48.0 cm³/mol. The van der Waals surface area contributed by atoms with Crippen LogP contribution in [0.25, 0.3) is 0 Å². The van der Waals surface area contributed by atoms with Crippen molar-refractivity contribution in [3.8, 4) is 0 Å². The van der Waals surface area contributed by atoms with Gasteiger partial charge >= 0.3 is 0 Å². The second kappa shape index (κ2) is 2.68. The zero-order valence-electron chi connectivity index (χ0n) is 6.08. The molecule has 0 aromatic carbocycles. The molecule has 2 unspecified atom stereocenters. The standard InChI is InChI=1S/C7H10O2S2/c8-6(10)11-7-4-2-1-3-5(7)9-7/h5H,1-4H2,(H,8,10). The first kappa shape index (κ1) is 7.95. The lowest BCUT2D eigenvalue weighted by atomic mass is 10.0. The number of ether oxygens (including phenoxy) is 1. The first-order valence-corrected chi connectivity index (χ1v) is 5.09. The number of thiol groups is 1. The predicted octanol–water partition coefficient (Wildman–Crippen LogP) is 2.44. The van der Waals surface area contributed by atoms with Gasteiger partial charge in [0.25, 0.3) is 0 Å². The molecular weight excluding hydrogens is 180 g/mol. The van der Waals surface area contributed by atoms with Crippen LogP contribution in [0.15, 0.2) is 0 Å². The minimum absolute atomic E-state index is 0.116. The molecule has 1 saturated carbocycles. The molecule has 2 nitrogen and oxygen atoms in total. The lowest BCUT2D eigenvalue weighted by Gasteiger charge is -2.13. The van der Waals surface area contributed by atoms with Crippen LogP contribution in [0.1, 0.15) is 25.7 Å². The van der Waals surface area contributed by atoms with Crippen LogP contribution in [0.3, 0.4) is 0 Å². The zero-order chi connectivity index (χ0) is 7.90. The number of hydrogen-bond acceptors (Lipinski definition) is 3. The number of fused-ring (bicyclic) bond motifs is 1. The van der Waals surface area contributed by atoms with Crippen molar-refractivity contribution in [3.63, 3.8) is 0 Å². The van der Waals surface area contributed by atoms with Gasteiger partial charge in [-0.05, 0) is 31.0 Å². The largest absolute Gasteiger partial charge is 0.354 e. The fourth-order valence-corrected chi connectivity index (χ4v) is 3.11.